The second-order valence-electron chi connectivity index (χ2n) is 9.16. The zero-order chi connectivity index (χ0) is 28.1. The Labute approximate surface area is 232 Å². The first-order valence-corrected chi connectivity index (χ1v) is 12.7. The fourth-order valence-corrected chi connectivity index (χ4v) is 4.48. The summed E-state index contributed by atoms with van der Waals surface area (Å²) in [6, 6.07) is 12.7. The normalized spacial score (nSPS) is 14.0. The molecule has 2 aromatic carbocycles. The van der Waals surface area contributed by atoms with Gasteiger partial charge in [0.1, 0.15) is 6.33 Å². The van der Waals surface area contributed by atoms with Crippen LogP contribution in [-0.4, -0.2) is 60.6 Å². The van der Waals surface area contributed by atoms with Crippen LogP contribution in [-0.2, 0) is 4.79 Å². The van der Waals surface area contributed by atoms with Crippen molar-refractivity contribution in [2.24, 2.45) is 5.92 Å². The quantitative estimate of drug-likeness (QED) is 0.192. The van der Waals surface area contributed by atoms with Gasteiger partial charge in [0, 0.05) is 22.3 Å². The number of benzene rings is 2. The van der Waals surface area contributed by atoms with Crippen LogP contribution in [0.3, 0.4) is 0 Å². The Kier molecular flexibility index (Phi) is 7.94. The molecule has 5 rings (SSSR count). The molecule has 0 bridgehead atoms. The van der Waals surface area contributed by atoms with Crippen LogP contribution in [0.25, 0.3) is 22.9 Å². The van der Waals surface area contributed by atoms with E-state index < -0.39 is 17.7 Å². The summed E-state index contributed by atoms with van der Waals surface area (Å²) in [6.07, 6.45) is 3.89. The van der Waals surface area contributed by atoms with Gasteiger partial charge in [-0.25, -0.2) is 9.89 Å². The first-order valence-electron chi connectivity index (χ1n) is 12.3. The van der Waals surface area contributed by atoms with Gasteiger partial charge < -0.3 is 15.7 Å². The number of nitrogens with one attached hydrogen (secondary N) is 4. The maximum Gasteiger partial charge on any atom is 0.409 e. The molecule has 5 N–H and O–H groups in total. The van der Waals surface area contributed by atoms with Crippen LogP contribution in [0, 0.1) is 5.92 Å². The zero-order valence-electron chi connectivity index (χ0n) is 20.9. The van der Waals surface area contributed by atoms with Gasteiger partial charge in [-0.15, -0.1) is 5.10 Å². The molecule has 4 aromatic rings. The van der Waals surface area contributed by atoms with E-state index in [1.54, 1.807) is 54.6 Å². The van der Waals surface area contributed by atoms with Gasteiger partial charge >= 0.3 is 6.09 Å². The zero-order valence-corrected chi connectivity index (χ0v) is 21.7. The van der Waals surface area contributed by atoms with Gasteiger partial charge in [-0.1, -0.05) is 23.7 Å². The molecule has 3 heterocycles. The predicted octanol–water partition coefficient (Wildman–Crippen LogP) is 2.64. The van der Waals surface area contributed by atoms with Crippen LogP contribution in [0.4, 0.5) is 10.5 Å². The average molecular weight is 562 g/mol. The lowest BCUT2D eigenvalue weighted by molar-refractivity contribution is -0.117. The Morgan fingerprint density at radius 3 is 2.65 bits per heavy atom. The second-order valence-corrected chi connectivity index (χ2v) is 9.59. The van der Waals surface area contributed by atoms with Crippen molar-refractivity contribution < 1.29 is 14.7 Å². The minimum Gasteiger partial charge on any atom is -0.465 e. The average Bonchev–Trinajstić information content (AvgIpc) is 3.44. The minimum atomic E-state index is -1.18. The Balaban J connectivity index is 1.38. The van der Waals surface area contributed by atoms with Crippen molar-refractivity contribution in [3.63, 3.8) is 0 Å². The number of aromatic nitrogens is 6. The van der Waals surface area contributed by atoms with Crippen molar-refractivity contribution in [2.45, 2.75) is 12.5 Å². The van der Waals surface area contributed by atoms with Gasteiger partial charge in [-0.2, -0.15) is 9.78 Å². The molecule has 0 aliphatic carbocycles. The molecular formula is C26H24ClN9O4. The fourth-order valence-electron chi connectivity index (χ4n) is 4.30. The van der Waals surface area contributed by atoms with Crippen LogP contribution in [0.5, 0.6) is 0 Å². The third-order valence-corrected chi connectivity index (χ3v) is 6.61. The van der Waals surface area contributed by atoms with Gasteiger partial charge in [0.2, 0.25) is 5.91 Å². The summed E-state index contributed by atoms with van der Waals surface area (Å²) < 4.78 is 1.47. The number of carbonyl (C=O) groups is 2. The Hall–Kier alpha value is -4.88. The van der Waals surface area contributed by atoms with E-state index in [-0.39, 0.29) is 5.91 Å². The van der Waals surface area contributed by atoms with Crippen LogP contribution >= 0.6 is 11.6 Å². The highest BCUT2D eigenvalue weighted by Gasteiger charge is 2.25. The first kappa shape index (κ1) is 26.7. The molecule has 2 amide bonds. The number of nitrogens with zero attached hydrogens (tertiary/aromatic N) is 5. The smallest absolute Gasteiger partial charge is 0.409 e. The molecule has 0 saturated carbocycles. The third kappa shape index (κ3) is 6.39. The molecule has 2 aromatic heterocycles. The van der Waals surface area contributed by atoms with Crippen molar-refractivity contribution in [3.8, 4) is 16.8 Å². The van der Waals surface area contributed by atoms with Crippen molar-refractivity contribution in [1.82, 2.24) is 41.0 Å². The summed E-state index contributed by atoms with van der Waals surface area (Å²) in [6.45, 7) is 1.63. The van der Waals surface area contributed by atoms with E-state index in [9.17, 15) is 14.4 Å². The van der Waals surface area contributed by atoms with E-state index in [2.05, 4.69) is 41.7 Å². The van der Waals surface area contributed by atoms with E-state index in [4.69, 9.17) is 16.7 Å². The number of carbonyl (C=O) groups excluding carboxylic acids is 1. The summed E-state index contributed by atoms with van der Waals surface area (Å²) in [5.41, 5.74) is 2.67. The lowest BCUT2D eigenvalue weighted by Crippen LogP contribution is -2.44. The van der Waals surface area contributed by atoms with Crippen LogP contribution < -0.4 is 21.5 Å². The summed E-state index contributed by atoms with van der Waals surface area (Å²) in [7, 11) is 0. The monoisotopic (exact) mass is 561 g/mol. The number of halogens is 1. The molecule has 1 unspecified atom stereocenters. The van der Waals surface area contributed by atoms with Gasteiger partial charge in [0.05, 0.1) is 23.0 Å². The Morgan fingerprint density at radius 1 is 1.18 bits per heavy atom. The molecule has 1 saturated heterocycles. The lowest BCUT2D eigenvalue weighted by Gasteiger charge is -2.30. The van der Waals surface area contributed by atoms with Crippen LogP contribution in [0.15, 0.2) is 65.7 Å². The van der Waals surface area contributed by atoms with Crippen molar-refractivity contribution >= 4 is 35.4 Å². The molecule has 1 fully saturated rings. The molecule has 14 heteroatoms. The van der Waals surface area contributed by atoms with Gasteiger partial charge in [0.25, 0.3) is 5.56 Å². The highest BCUT2D eigenvalue weighted by atomic mass is 35.5. The van der Waals surface area contributed by atoms with Gasteiger partial charge in [-0.05, 0) is 83.9 Å². The van der Waals surface area contributed by atoms with E-state index in [1.807, 2.05) is 0 Å². The number of carboxylic acid groups (broad SMARTS) is 1. The number of hydrogen-bond acceptors (Lipinski definition) is 8. The number of rotatable bonds is 9. The van der Waals surface area contributed by atoms with Crippen LogP contribution in [0.2, 0.25) is 5.02 Å². The van der Waals surface area contributed by atoms with E-state index >= 15 is 0 Å². The van der Waals surface area contributed by atoms with Crippen molar-refractivity contribution in [3.05, 3.63) is 87.6 Å². The maximum atomic E-state index is 13.1. The summed E-state index contributed by atoms with van der Waals surface area (Å²) >= 11 is 6.18. The summed E-state index contributed by atoms with van der Waals surface area (Å²) in [4.78, 5) is 36.6. The molecule has 0 radical (unpaired) electrons. The molecule has 1 atom stereocenters. The van der Waals surface area contributed by atoms with Crippen molar-refractivity contribution in [2.75, 3.05) is 18.4 Å². The highest BCUT2D eigenvalue weighted by Crippen LogP contribution is 2.26. The van der Waals surface area contributed by atoms with Gasteiger partial charge in [-0.3, -0.25) is 14.9 Å². The summed E-state index contributed by atoms with van der Waals surface area (Å²) in [5, 5.41) is 35.9. The van der Waals surface area contributed by atoms with Crippen LogP contribution in [0.1, 0.15) is 23.7 Å². The number of tetrazole rings is 1. The van der Waals surface area contributed by atoms with Gasteiger partial charge in [0.15, 0.2) is 0 Å². The topological polar surface area (TPSA) is 180 Å². The highest BCUT2D eigenvalue weighted by molar-refractivity contribution is 6.30. The van der Waals surface area contributed by atoms with E-state index in [0.717, 1.165) is 13.1 Å². The minimum absolute atomic E-state index is 0.326. The predicted molar refractivity (Wildman–Crippen MR) is 147 cm³/mol. The van der Waals surface area contributed by atoms with E-state index in [1.165, 1.54) is 17.1 Å². The molecule has 204 valence electrons. The SMILES string of the molecule is O=C(O)Nc1ccc(-c2cc(C(CC3CNC3)NC(=O)C=Cc3cc(Cl)ccc3-n3cnnn3)n[nH]c2=O)cc1. The molecular weight excluding hydrogens is 538 g/mol. The molecule has 1 aliphatic heterocycles. The number of H-pyrrole nitrogens is 1. The fraction of sp³-hybridized carbons (Fsp3) is 0.192. The number of amides is 2. The third-order valence-electron chi connectivity index (χ3n) is 6.38. The standard InChI is InChI=1S/C26H24ClN9O4/c27-18-4-7-23(36-14-29-34-35-36)17(10-18)3-8-24(37)31-21(9-15-12-28-13-15)22-11-20(25(38)33-32-22)16-1-5-19(6-2-16)30-26(39)40/h1-8,10-11,14-15,21,28,30H,9,12-13H2,(H,31,37)(H,33,38)(H,39,40). The molecule has 13 nitrogen and oxygen atoms in total. The van der Waals surface area contributed by atoms with Crippen molar-refractivity contribution in [1.29, 1.82) is 0 Å². The number of anilines is 1. The maximum absolute atomic E-state index is 13.1. The molecule has 1 aliphatic rings. The molecule has 0 spiro atoms. The summed E-state index contributed by atoms with van der Waals surface area (Å²) in [5.74, 6) is -0.0363. The lowest BCUT2D eigenvalue weighted by atomic mass is 9.92. The Morgan fingerprint density at radius 2 is 1.98 bits per heavy atom. The Bertz CT molecular complexity index is 1600. The van der Waals surface area contributed by atoms with E-state index in [0.29, 0.717) is 51.1 Å². The molecule has 40 heavy (non-hydrogen) atoms. The second kappa shape index (κ2) is 11.9. The first-order chi connectivity index (χ1) is 19.4. The number of hydrogen-bond donors (Lipinski definition) is 5. The number of aromatic amines is 1. The largest absolute Gasteiger partial charge is 0.465 e.